The van der Waals surface area contributed by atoms with Gasteiger partial charge in [0.25, 0.3) is 0 Å². The van der Waals surface area contributed by atoms with E-state index in [9.17, 15) is 19.9 Å². The summed E-state index contributed by atoms with van der Waals surface area (Å²) in [5, 5.41) is 0. The Bertz CT molecular complexity index is 173. The van der Waals surface area contributed by atoms with Gasteiger partial charge in [-0.1, -0.05) is 0 Å². The fourth-order valence-corrected chi connectivity index (χ4v) is 0. The van der Waals surface area contributed by atoms with E-state index in [-0.39, 0.29) is 0 Å². The molecule has 0 fully saturated rings. The summed E-state index contributed by atoms with van der Waals surface area (Å²) < 4.78 is 68.0. The molecule has 0 atom stereocenters. The van der Waals surface area contributed by atoms with Gasteiger partial charge in [0.2, 0.25) is 0 Å². The van der Waals surface area contributed by atoms with E-state index >= 15 is 0 Å². The van der Waals surface area contributed by atoms with Gasteiger partial charge in [-0.3, -0.25) is 0 Å². The van der Waals surface area contributed by atoms with E-state index in [0.29, 0.717) is 0 Å². The Morgan fingerprint density at radius 1 is 0.833 bits per heavy atom. The molecule has 0 aromatic heterocycles. The summed E-state index contributed by atoms with van der Waals surface area (Å²) in [5.41, 5.74) is 0. The topological polar surface area (TPSA) is 86.2 Å². The summed E-state index contributed by atoms with van der Waals surface area (Å²) in [6.45, 7) is 0. The average molecular weight is 310 g/mol. The maximum atomic E-state index is 9.90. The van der Waals surface area contributed by atoms with Crippen LogP contribution >= 0.6 is 7.82 Å². The van der Waals surface area contributed by atoms with Crippen LogP contribution in [0.2, 0.25) is 0 Å². The fourth-order valence-electron chi connectivity index (χ4n) is 0. The summed E-state index contributed by atoms with van der Waals surface area (Å²) in [5.74, 6) is 0. The van der Waals surface area contributed by atoms with Gasteiger partial charge in [0, 0.05) is 0 Å². The summed E-state index contributed by atoms with van der Waals surface area (Å²) in [4.78, 5) is 25.6. The van der Waals surface area contributed by atoms with Crippen molar-refractivity contribution in [1.82, 2.24) is 0 Å². The molecule has 4 nitrogen and oxygen atoms in total. The standard InChI is InChI=1S/6FH.H3O4P.Ru/c;;;;;;1-5(2,3)4;/h6*1H;(H3,1,2,3,4);/q;;;;;;;+2/p-9. The van der Waals surface area contributed by atoms with E-state index in [4.69, 9.17) is 19.2 Å². The first-order valence-corrected chi connectivity index (χ1v) is 6.93. The number of halogens is 6. The molecule has 0 aromatic carbocycles. The minimum absolute atomic E-state index is 5.39. The Morgan fingerprint density at radius 3 is 0.833 bits per heavy atom. The predicted octanol–water partition coefficient (Wildman–Crippen LogP) is -0.306. The molecule has 0 saturated carbocycles. The van der Waals surface area contributed by atoms with Crippen molar-refractivity contribution in [3.8, 4) is 0 Å². The van der Waals surface area contributed by atoms with Crippen molar-refractivity contribution in [1.29, 1.82) is 0 Å². The minimum atomic E-state index is -11.0. The van der Waals surface area contributed by atoms with Gasteiger partial charge < -0.3 is 19.2 Å². The molecule has 12 heavy (non-hydrogen) atoms. The van der Waals surface area contributed by atoms with Gasteiger partial charge in [-0.05, 0) is 0 Å². The number of hydrogen-bond donors (Lipinski definition) is 0. The molecule has 0 aliphatic carbocycles. The van der Waals surface area contributed by atoms with Crippen molar-refractivity contribution in [2.45, 2.75) is 0 Å². The van der Waals surface area contributed by atoms with Gasteiger partial charge in [-0.25, -0.2) is 0 Å². The first-order valence-electron chi connectivity index (χ1n) is 1.53. The summed E-state index contributed by atoms with van der Waals surface area (Å²) in [7, 11) is -5.39. The van der Waals surface area contributed by atoms with Gasteiger partial charge in [0.05, 0.1) is 0 Å². The number of phosphoric acid groups is 1. The van der Waals surface area contributed by atoms with Crippen molar-refractivity contribution in [2.24, 2.45) is 0 Å². The summed E-state index contributed by atoms with van der Waals surface area (Å²) in [6.07, 6.45) is 0. The molecule has 0 unspecified atom stereocenters. The van der Waals surface area contributed by atoms with Crippen LogP contribution in [0.1, 0.15) is 0 Å². The molecule has 0 N–H and O–H groups in total. The van der Waals surface area contributed by atoms with Crippen LogP contribution in [0, 0.1) is 0 Å². The van der Waals surface area contributed by atoms with Crippen LogP contribution in [0.3, 0.4) is 0 Å². The third kappa shape index (κ3) is 9110. The van der Waals surface area contributed by atoms with Gasteiger partial charge in [0.1, 0.15) is 0 Å². The van der Waals surface area contributed by atoms with E-state index in [2.05, 4.69) is 0 Å². The van der Waals surface area contributed by atoms with Crippen molar-refractivity contribution in [2.75, 3.05) is 0 Å². The number of hydrogen-bond acceptors (Lipinski definition) is 4. The van der Waals surface area contributed by atoms with Crippen LogP contribution in [0.5, 0.6) is 0 Å². The normalized spacial score (nSPS) is 18.4. The molecule has 0 radical (unpaired) electrons. The van der Waals surface area contributed by atoms with Gasteiger partial charge in [-0.15, -0.1) is 0 Å². The molecule has 0 amide bonds. The van der Waals surface area contributed by atoms with E-state index in [0.717, 1.165) is 0 Å². The molecule has 0 heterocycles. The van der Waals surface area contributed by atoms with Crippen molar-refractivity contribution >= 4 is 7.82 Å². The quantitative estimate of drug-likeness (QED) is 0.349. The van der Waals surface area contributed by atoms with Crippen LogP contribution < -0.4 is 14.7 Å². The van der Waals surface area contributed by atoms with Gasteiger partial charge in [-0.2, -0.15) is 7.82 Å². The molecule has 0 saturated heterocycles. The third-order valence-corrected chi connectivity index (χ3v) is 0. The van der Waals surface area contributed by atoms with E-state index in [1.807, 2.05) is 0 Å². The van der Waals surface area contributed by atoms with Crippen molar-refractivity contribution < 1.29 is 54.6 Å². The maximum absolute atomic E-state index is 11.0. The van der Waals surface area contributed by atoms with Crippen LogP contribution in [0.25, 0.3) is 0 Å². The van der Waals surface area contributed by atoms with Crippen molar-refractivity contribution in [3.05, 3.63) is 0 Å². The molecule has 0 spiro atoms. The molecular formula is F6O4PRu-7. The second-order valence-corrected chi connectivity index (χ2v) is 5.82. The zero-order valence-corrected chi connectivity index (χ0v) is 7.33. The second kappa shape index (κ2) is 2.65. The Balaban J connectivity index is 0. The Morgan fingerprint density at radius 2 is 0.833 bits per heavy atom. The molecule has 0 rings (SSSR count). The summed E-state index contributed by atoms with van der Waals surface area (Å²) in [6, 6.07) is 0. The first-order chi connectivity index (χ1) is 4.45. The van der Waals surface area contributed by atoms with E-state index < -0.39 is 23.2 Å². The molecule has 12 heteroatoms. The fraction of sp³-hybridized carbons (Fsp3) is 0. The van der Waals surface area contributed by atoms with E-state index in [1.54, 1.807) is 0 Å². The van der Waals surface area contributed by atoms with Crippen molar-refractivity contribution in [3.63, 3.8) is 0 Å². The SMILES string of the molecule is O=P([O-])([O-])[O-].[F][Ru-4]([F])([F])([F])([F])[F]. The van der Waals surface area contributed by atoms with E-state index in [1.165, 1.54) is 0 Å². The summed E-state index contributed by atoms with van der Waals surface area (Å²) >= 11 is -11.0. The predicted molar refractivity (Wildman–Crippen MR) is 14.3 cm³/mol. The molecule has 0 aromatic rings. The second-order valence-electron chi connectivity index (χ2n) is 1.20. The van der Waals surface area contributed by atoms with Crippen LogP contribution in [0.15, 0.2) is 0 Å². The molecule has 0 aliphatic rings. The van der Waals surface area contributed by atoms with Crippen LogP contribution in [-0.4, -0.2) is 0 Å². The molecular weight excluding hydrogens is 310 g/mol. The Hall–Kier alpha value is 0.313. The van der Waals surface area contributed by atoms with Crippen LogP contribution in [0.4, 0.5) is 19.9 Å². The molecule has 0 aliphatic heterocycles. The molecule has 0 bridgehead atoms. The Labute approximate surface area is 63.2 Å². The monoisotopic (exact) mass is 311 g/mol. The zero-order valence-electron chi connectivity index (χ0n) is 4.70. The number of rotatable bonds is 0. The van der Waals surface area contributed by atoms with Gasteiger partial charge >= 0.3 is 35.3 Å². The Kier molecular flexibility index (Phi) is 3.27. The zero-order chi connectivity index (χ0) is 10.9. The average Bonchev–Trinajstić information content (AvgIpc) is 1.04. The molecule has 86 valence electrons. The van der Waals surface area contributed by atoms with Crippen LogP contribution in [-0.2, 0) is 20.0 Å². The van der Waals surface area contributed by atoms with Gasteiger partial charge in [0.15, 0.2) is 0 Å². The first kappa shape index (κ1) is 14.8. The third-order valence-electron chi connectivity index (χ3n) is 0.